The van der Waals surface area contributed by atoms with Gasteiger partial charge in [0.15, 0.2) is 0 Å². The zero-order valence-electron chi connectivity index (χ0n) is 15.9. The Bertz CT molecular complexity index is 675. The highest BCUT2D eigenvalue weighted by Gasteiger charge is 2.30. The first-order chi connectivity index (χ1) is 12.3. The highest BCUT2D eigenvalue weighted by molar-refractivity contribution is 6.05. The standard InChI is InChI=1S/C19H28N4O3/c1-5-22(11-18(25)20-13(2)3)12-19(26)23-14(4)10-17(24)21-15-8-6-7-9-16(15)23/h6-9,13-14H,5,10-12H2,1-4H3,(H,20,25)(H,21,24)/t14-/m1/s1. The zero-order chi connectivity index (χ0) is 19.3. The van der Waals surface area contributed by atoms with Gasteiger partial charge in [0, 0.05) is 18.5 Å². The van der Waals surface area contributed by atoms with Crippen LogP contribution in [0.1, 0.15) is 34.1 Å². The summed E-state index contributed by atoms with van der Waals surface area (Å²) in [5.41, 5.74) is 1.33. The molecule has 0 spiro atoms. The van der Waals surface area contributed by atoms with Gasteiger partial charge in [0.25, 0.3) is 0 Å². The molecule has 0 radical (unpaired) electrons. The Balaban J connectivity index is 2.16. The highest BCUT2D eigenvalue weighted by atomic mass is 16.2. The summed E-state index contributed by atoms with van der Waals surface area (Å²) in [4.78, 5) is 40.5. The number of nitrogens with one attached hydrogen (secondary N) is 2. The van der Waals surface area contributed by atoms with Gasteiger partial charge in [-0.3, -0.25) is 19.3 Å². The third kappa shape index (κ3) is 5.05. The van der Waals surface area contributed by atoms with Crippen molar-refractivity contribution in [3.8, 4) is 0 Å². The number of hydrogen-bond acceptors (Lipinski definition) is 4. The van der Waals surface area contributed by atoms with E-state index in [0.717, 1.165) is 0 Å². The van der Waals surface area contributed by atoms with Crippen molar-refractivity contribution in [1.29, 1.82) is 0 Å². The van der Waals surface area contributed by atoms with Crippen LogP contribution in [0.15, 0.2) is 24.3 Å². The lowest BCUT2D eigenvalue weighted by atomic mass is 10.1. The summed E-state index contributed by atoms with van der Waals surface area (Å²) in [6.45, 7) is 8.45. The fourth-order valence-corrected chi connectivity index (χ4v) is 3.09. The molecule has 0 saturated heterocycles. The van der Waals surface area contributed by atoms with Crippen molar-refractivity contribution in [3.05, 3.63) is 24.3 Å². The van der Waals surface area contributed by atoms with E-state index in [1.54, 1.807) is 15.9 Å². The number of rotatable bonds is 6. The first-order valence-corrected chi connectivity index (χ1v) is 9.04. The van der Waals surface area contributed by atoms with E-state index in [2.05, 4.69) is 10.6 Å². The van der Waals surface area contributed by atoms with Crippen LogP contribution in [0.4, 0.5) is 11.4 Å². The van der Waals surface area contributed by atoms with Gasteiger partial charge in [-0.25, -0.2) is 0 Å². The van der Waals surface area contributed by atoms with Crippen LogP contribution < -0.4 is 15.5 Å². The van der Waals surface area contributed by atoms with Crippen molar-refractivity contribution >= 4 is 29.1 Å². The fraction of sp³-hybridized carbons (Fsp3) is 0.526. The first kappa shape index (κ1) is 19.9. The molecule has 7 heteroatoms. The number of amides is 3. The molecule has 26 heavy (non-hydrogen) atoms. The van der Waals surface area contributed by atoms with E-state index in [9.17, 15) is 14.4 Å². The molecule has 0 bridgehead atoms. The summed E-state index contributed by atoms with van der Waals surface area (Å²) >= 11 is 0. The minimum absolute atomic E-state index is 0.0616. The van der Waals surface area contributed by atoms with Crippen LogP contribution in [-0.2, 0) is 14.4 Å². The molecule has 0 unspecified atom stereocenters. The molecule has 1 aromatic carbocycles. The van der Waals surface area contributed by atoms with Crippen LogP contribution in [0.3, 0.4) is 0 Å². The number of hydrogen-bond donors (Lipinski definition) is 2. The predicted octanol–water partition coefficient (Wildman–Crippen LogP) is 1.60. The summed E-state index contributed by atoms with van der Waals surface area (Å²) in [6.07, 6.45) is 0.236. The highest BCUT2D eigenvalue weighted by Crippen LogP contribution is 2.31. The van der Waals surface area contributed by atoms with E-state index in [1.165, 1.54) is 0 Å². The van der Waals surface area contributed by atoms with Crippen molar-refractivity contribution in [3.63, 3.8) is 0 Å². The lowest BCUT2D eigenvalue weighted by Crippen LogP contribution is -2.47. The summed E-state index contributed by atoms with van der Waals surface area (Å²) < 4.78 is 0. The molecule has 7 nitrogen and oxygen atoms in total. The lowest BCUT2D eigenvalue weighted by Gasteiger charge is -2.30. The molecule has 0 aromatic heterocycles. The molecule has 142 valence electrons. The van der Waals surface area contributed by atoms with Crippen molar-refractivity contribution in [2.45, 2.75) is 46.2 Å². The molecule has 3 amide bonds. The fourth-order valence-electron chi connectivity index (χ4n) is 3.09. The number of para-hydroxylation sites is 2. The maximum atomic E-state index is 13.0. The minimum atomic E-state index is -0.255. The van der Waals surface area contributed by atoms with Crippen molar-refractivity contribution in [1.82, 2.24) is 10.2 Å². The molecule has 0 fully saturated rings. The van der Waals surface area contributed by atoms with E-state index >= 15 is 0 Å². The number of benzene rings is 1. The summed E-state index contributed by atoms with van der Waals surface area (Å²) in [5.74, 6) is -0.333. The third-order valence-electron chi connectivity index (χ3n) is 4.25. The average molecular weight is 360 g/mol. The Labute approximate surface area is 154 Å². The molecule has 0 aliphatic carbocycles. The molecular weight excluding hydrogens is 332 g/mol. The SMILES string of the molecule is CCN(CC(=O)NC(C)C)CC(=O)N1c2ccccc2NC(=O)C[C@H]1C. The quantitative estimate of drug-likeness (QED) is 0.807. The average Bonchev–Trinajstić information content (AvgIpc) is 2.67. The molecule has 1 aromatic rings. The largest absolute Gasteiger partial charge is 0.353 e. The molecule has 1 heterocycles. The topological polar surface area (TPSA) is 81.8 Å². The number of likely N-dealkylation sites (N-methyl/N-ethyl adjacent to an activating group) is 1. The second-order valence-electron chi connectivity index (χ2n) is 6.91. The predicted molar refractivity (Wildman–Crippen MR) is 102 cm³/mol. The Morgan fingerprint density at radius 2 is 2.00 bits per heavy atom. The van der Waals surface area contributed by atoms with E-state index in [1.807, 2.05) is 45.9 Å². The normalized spacial score (nSPS) is 16.9. The Morgan fingerprint density at radius 3 is 2.65 bits per heavy atom. The van der Waals surface area contributed by atoms with Crippen LogP contribution in [-0.4, -0.2) is 54.3 Å². The third-order valence-corrected chi connectivity index (χ3v) is 4.25. The second kappa shape index (κ2) is 8.80. The van der Waals surface area contributed by atoms with Crippen molar-refractivity contribution < 1.29 is 14.4 Å². The number of carbonyl (C=O) groups excluding carboxylic acids is 3. The van der Waals surface area contributed by atoms with E-state index in [0.29, 0.717) is 17.9 Å². The Hall–Kier alpha value is -2.41. The number of nitrogens with zero attached hydrogens (tertiary/aromatic N) is 2. The maximum absolute atomic E-state index is 13.0. The summed E-state index contributed by atoms with van der Waals surface area (Å²) in [7, 11) is 0. The Kier molecular flexibility index (Phi) is 6.74. The molecule has 1 aliphatic rings. The molecule has 1 aliphatic heterocycles. The van der Waals surface area contributed by atoms with Crippen molar-refractivity contribution in [2.24, 2.45) is 0 Å². The lowest BCUT2D eigenvalue weighted by molar-refractivity contribution is -0.124. The van der Waals surface area contributed by atoms with Gasteiger partial charge in [0.05, 0.1) is 24.5 Å². The number of anilines is 2. The van der Waals surface area contributed by atoms with Gasteiger partial charge in [0.2, 0.25) is 17.7 Å². The van der Waals surface area contributed by atoms with Crippen LogP contribution in [0, 0.1) is 0 Å². The molecular formula is C19H28N4O3. The van der Waals surface area contributed by atoms with E-state index < -0.39 is 0 Å². The summed E-state index contributed by atoms with van der Waals surface area (Å²) in [6, 6.07) is 7.10. The van der Waals surface area contributed by atoms with E-state index in [4.69, 9.17) is 0 Å². The second-order valence-corrected chi connectivity index (χ2v) is 6.91. The smallest absolute Gasteiger partial charge is 0.241 e. The van der Waals surface area contributed by atoms with Gasteiger partial charge in [-0.1, -0.05) is 19.1 Å². The number of carbonyl (C=O) groups is 3. The van der Waals surface area contributed by atoms with Gasteiger partial charge in [-0.15, -0.1) is 0 Å². The van der Waals surface area contributed by atoms with Gasteiger partial charge < -0.3 is 15.5 Å². The molecule has 1 atom stereocenters. The molecule has 0 saturated carbocycles. The Morgan fingerprint density at radius 1 is 1.31 bits per heavy atom. The zero-order valence-corrected chi connectivity index (χ0v) is 15.9. The van der Waals surface area contributed by atoms with Gasteiger partial charge in [-0.05, 0) is 39.4 Å². The minimum Gasteiger partial charge on any atom is -0.353 e. The molecule has 2 rings (SSSR count). The molecule has 2 N–H and O–H groups in total. The van der Waals surface area contributed by atoms with Gasteiger partial charge in [-0.2, -0.15) is 0 Å². The van der Waals surface area contributed by atoms with Crippen LogP contribution in [0.2, 0.25) is 0 Å². The van der Waals surface area contributed by atoms with Crippen LogP contribution in [0.25, 0.3) is 0 Å². The van der Waals surface area contributed by atoms with Crippen LogP contribution in [0.5, 0.6) is 0 Å². The van der Waals surface area contributed by atoms with Gasteiger partial charge >= 0.3 is 0 Å². The van der Waals surface area contributed by atoms with Crippen LogP contribution >= 0.6 is 0 Å². The maximum Gasteiger partial charge on any atom is 0.241 e. The summed E-state index contributed by atoms with van der Waals surface area (Å²) in [5, 5.41) is 5.69. The van der Waals surface area contributed by atoms with Crippen molar-refractivity contribution in [2.75, 3.05) is 29.9 Å². The van der Waals surface area contributed by atoms with Gasteiger partial charge in [0.1, 0.15) is 0 Å². The monoisotopic (exact) mass is 360 g/mol. The van der Waals surface area contributed by atoms with E-state index in [-0.39, 0.29) is 49.3 Å². The number of fused-ring (bicyclic) bond motifs is 1. The first-order valence-electron chi connectivity index (χ1n) is 9.04.